The van der Waals surface area contributed by atoms with Crippen molar-refractivity contribution in [3.63, 3.8) is 0 Å². The lowest BCUT2D eigenvalue weighted by Crippen LogP contribution is -2.39. The largest absolute Gasteiger partial charge is 0.440 e. The summed E-state index contributed by atoms with van der Waals surface area (Å²) in [5.41, 5.74) is 1.74. The molecule has 0 radical (unpaired) electrons. The molecule has 1 aromatic heterocycles. The van der Waals surface area contributed by atoms with E-state index in [4.69, 9.17) is 15.9 Å². The van der Waals surface area contributed by atoms with Gasteiger partial charge < -0.3 is 20.2 Å². The molecule has 0 bridgehead atoms. The van der Waals surface area contributed by atoms with Crippen LogP contribution in [0.3, 0.4) is 0 Å². The zero-order valence-electron chi connectivity index (χ0n) is 13.5. The van der Waals surface area contributed by atoms with Gasteiger partial charge in [0.15, 0.2) is 5.58 Å². The van der Waals surface area contributed by atoms with Crippen molar-refractivity contribution in [3.8, 4) is 12.3 Å². The third-order valence-electron chi connectivity index (χ3n) is 3.21. The summed E-state index contributed by atoms with van der Waals surface area (Å²) < 4.78 is 5.71. The lowest BCUT2D eigenvalue weighted by Gasteiger charge is -2.14. The summed E-state index contributed by atoms with van der Waals surface area (Å²) in [6.45, 7) is 5.84. The molecular formula is C17H21N3O3. The molecule has 0 aliphatic heterocycles. The molecule has 2 amide bonds. The van der Waals surface area contributed by atoms with Gasteiger partial charge in [-0.25, -0.2) is 9.78 Å². The fourth-order valence-electron chi connectivity index (χ4n) is 1.98. The standard InChI is InChI=1S/C17H21N3O3/c1-5-6-12(10-21)19-16(22)18-11-7-8-14-13(9-11)20-15(23-14)17(2,3)4/h1,7-9,12,21H,6,10H2,2-4H3,(H2,18,19,22)/t12-/m1/s1. The first-order valence-corrected chi connectivity index (χ1v) is 7.36. The number of oxazole rings is 1. The number of carbonyl (C=O) groups excluding carboxylic acids is 1. The second-order valence-corrected chi connectivity index (χ2v) is 6.34. The van der Waals surface area contributed by atoms with Crippen LogP contribution in [0.5, 0.6) is 0 Å². The number of fused-ring (bicyclic) bond motifs is 1. The van der Waals surface area contributed by atoms with Crippen LogP contribution >= 0.6 is 0 Å². The molecule has 0 fully saturated rings. The van der Waals surface area contributed by atoms with Gasteiger partial charge in [-0.15, -0.1) is 12.3 Å². The Balaban J connectivity index is 2.12. The Kier molecular flexibility index (Phi) is 4.92. The summed E-state index contributed by atoms with van der Waals surface area (Å²) in [4.78, 5) is 16.4. The van der Waals surface area contributed by atoms with Crippen LogP contribution in [0.25, 0.3) is 11.1 Å². The highest BCUT2D eigenvalue weighted by atomic mass is 16.3. The van der Waals surface area contributed by atoms with Gasteiger partial charge in [0, 0.05) is 17.5 Å². The molecule has 1 atom stereocenters. The van der Waals surface area contributed by atoms with Crippen LogP contribution in [0.15, 0.2) is 22.6 Å². The number of hydrogen-bond acceptors (Lipinski definition) is 4. The van der Waals surface area contributed by atoms with Crippen LogP contribution in [0.4, 0.5) is 10.5 Å². The quantitative estimate of drug-likeness (QED) is 0.757. The first-order valence-electron chi connectivity index (χ1n) is 7.36. The lowest BCUT2D eigenvalue weighted by atomic mass is 9.97. The number of urea groups is 1. The predicted octanol–water partition coefficient (Wildman–Crippen LogP) is 2.63. The summed E-state index contributed by atoms with van der Waals surface area (Å²) >= 11 is 0. The molecule has 0 spiro atoms. The maximum absolute atomic E-state index is 11.9. The highest BCUT2D eigenvalue weighted by Crippen LogP contribution is 2.27. The van der Waals surface area contributed by atoms with Crippen LogP contribution in [-0.2, 0) is 5.41 Å². The molecule has 2 rings (SSSR count). The first-order chi connectivity index (χ1) is 10.8. The maximum Gasteiger partial charge on any atom is 0.319 e. The summed E-state index contributed by atoms with van der Waals surface area (Å²) in [6, 6.07) is 4.33. The van der Waals surface area contributed by atoms with Crippen molar-refractivity contribution in [2.24, 2.45) is 0 Å². The minimum Gasteiger partial charge on any atom is -0.440 e. The Hall–Kier alpha value is -2.52. The van der Waals surface area contributed by atoms with Crippen molar-refractivity contribution in [3.05, 3.63) is 24.1 Å². The number of anilines is 1. The van der Waals surface area contributed by atoms with E-state index in [9.17, 15) is 4.79 Å². The molecular weight excluding hydrogens is 294 g/mol. The first kappa shape index (κ1) is 16.8. The lowest BCUT2D eigenvalue weighted by molar-refractivity contribution is 0.225. The Morgan fingerprint density at radius 1 is 1.48 bits per heavy atom. The van der Waals surface area contributed by atoms with Crippen LogP contribution in [0, 0.1) is 12.3 Å². The van der Waals surface area contributed by atoms with Crippen molar-refractivity contribution < 1.29 is 14.3 Å². The Morgan fingerprint density at radius 3 is 2.83 bits per heavy atom. The van der Waals surface area contributed by atoms with E-state index in [0.29, 0.717) is 22.7 Å². The van der Waals surface area contributed by atoms with Crippen LogP contribution in [0.2, 0.25) is 0 Å². The molecule has 0 unspecified atom stereocenters. The van der Waals surface area contributed by atoms with Gasteiger partial charge in [-0.3, -0.25) is 0 Å². The number of aliphatic hydroxyl groups is 1. The van der Waals surface area contributed by atoms with Gasteiger partial charge in [-0.1, -0.05) is 20.8 Å². The Labute approximate surface area is 135 Å². The van der Waals surface area contributed by atoms with Crippen LogP contribution in [0.1, 0.15) is 33.1 Å². The van der Waals surface area contributed by atoms with E-state index in [1.165, 1.54) is 0 Å². The summed E-state index contributed by atoms with van der Waals surface area (Å²) in [5, 5.41) is 14.4. The number of rotatable bonds is 4. The Bertz CT molecular complexity index is 738. The summed E-state index contributed by atoms with van der Waals surface area (Å²) in [6.07, 6.45) is 5.45. The predicted molar refractivity (Wildman–Crippen MR) is 89.2 cm³/mol. The van der Waals surface area contributed by atoms with Crippen LogP contribution in [-0.4, -0.2) is 28.8 Å². The van der Waals surface area contributed by atoms with E-state index in [0.717, 1.165) is 0 Å². The molecule has 6 heteroatoms. The number of amides is 2. The minimum atomic E-state index is -0.469. The van der Waals surface area contributed by atoms with Gasteiger partial charge in [0.1, 0.15) is 5.52 Å². The molecule has 0 aliphatic carbocycles. The number of nitrogens with zero attached hydrogens (tertiary/aromatic N) is 1. The van der Waals surface area contributed by atoms with Crippen molar-refractivity contribution in [2.45, 2.75) is 38.6 Å². The molecule has 6 nitrogen and oxygen atoms in total. The van der Waals surface area contributed by atoms with Crippen molar-refractivity contribution in [2.75, 3.05) is 11.9 Å². The highest BCUT2D eigenvalue weighted by molar-refractivity contribution is 5.91. The molecule has 23 heavy (non-hydrogen) atoms. The van der Waals surface area contributed by atoms with Crippen molar-refractivity contribution in [1.82, 2.24) is 10.3 Å². The van der Waals surface area contributed by atoms with Gasteiger partial charge in [0.05, 0.1) is 12.6 Å². The molecule has 122 valence electrons. The third-order valence-corrected chi connectivity index (χ3v) is 3.21. The SMILES string of the molecule is C#CC[C@H](CO)NC(=O)Nc1ccc2oc(C(C)(C)C)nc2c1. The fourth-order valence-corrected chi connectivity index (χ4v) is 1.98. The normalized spacial score (nSPS) is 12.7. The number of terminal acetylenes is 1. The highest BCUT2D eigenvalue weighted by Gasteiger charge is 2.21. The number of aliphatic hydroxyl groups excluding tert-OH is 1. The monoisotopic (exact) mass is 315 g/mol. The fraction of sp³-hybridized carbons (Fsp3) is 0.412. The molecule has 0 saturated heterocycles. The molecule has 0 aliphatic rings. The topological polar surface area (TPSA) is 87.4 Å². The molecule has 0 saturated carbocycles. The van der Waals surface area contributed by atoms with Crippen molar-refractivity contribution >= 4 is 22.8 Å². The molecule has 3 N–H and O–H groups in total. The number of hydrogen-bond donors (Lipinski definition) is 3. The van der Waals surface area contributed by atoms with E-state index in [1.54, 1.807) is 18.2 Å². The van der Waals surface area contributed by atoms with Gasteiger partial charge in [-0.05, 0) is 18.2 Å². The average molecular weight is 315 g/mol. The number of carbonyl (C=O) groups is 1. The summed E-state index contributed by atoms with van der Waals surface area (Å²) in [5.74, 6) is 3.05. The van der Waals surface area contributed by atoms with E-state index < -0.39 is 12.1 Å². The zero-order valence-corrected chi connectivity index (χ0v) is 13.5. The van der Waals surface area contributed by atoms with Crippen molar-refractivity contribution in [1.29, 1.82) is 0 Å². The second kappa shape index (κ2) is 6.71. The van der Waals surface area contributed by atoms with E-state index in [-0.39, 0.29) is 18.4 Å². The third kappa shape index (κ3) is 4.24. The van der Waals surface area contributed by atoms with Gasteiger partial charge in [0.25, 0.3) is 0 Å². The van der Waals surface area contributed by atoms with E-state index in [2.05, 4.69) is 21.5 Å². The maximum atomic E-state index is 11.9. The zero-order chi connectivity index (χ0) is 17.0. The van der Waals surface area contributed by atoms with Gasteiger partial charge in [-0.2, -0.15) is 0 Å². The average Bonchev–Trinajstić information content (AvgIpc) is 2.90. The number of aromatic nitrogens is 1. The van der Waals surface area contributed by atoms with Gasteiger partial charge >= 0.3 is 6.03 Å². The summed E-state index contributed by atoms with van der Waals surface area (Å²) in [7, 11) is 0. The second-order valence-electron chi connectivity index (χ2n) is 6.34. The number of benzene rings is 1. The molecule has 2 aromatic rings. The smallest absolute Gasteiger partial charge is 0.319 e. The van der Waals surface area contributed by atoms with E-state index >= 15 is 0 Å². The number of nitrogens with one attached hydrogen (secondary N) is 2. The van der Waals surface area contributed by atoms with E-state index in [1.807, 2.05) is 20.8 Å². The molecule has 1 heterocycles. The molecule has 1 aromatic carbocycles. The Morgan fingerprint density at radius 2 is 2.22 bits per heavy atom. The van der Waals surface area contributed by atoms with Gasteiger partial charge in [0.2, 0.25) is 5.89 Å². The van der Waals surface area contributed by atoms with Crippen LogP contribution < -0.4 is 10.6 Å². The minimum absolute atomic E-state index is 0.187.